The highest BCUT2D eigenvalue weighted by Gasteiger charge is 2.25. The fourth-order valence-corrected chi connectivity index (χ4v) is 4.07. The Bertz CT molecular complexity index is 975. The number of anilines is 1. The van der Waals surface area contributed by atoms with Gasteiger partial charge in [-0.25, -0.2) is 4.39 Å². The first-order chi connectivity index (χ1) is 13.8. The molecule has 1 aromatic heterocycles. The second kappa shape index (κ2) is 8.52. The summed E-state index contributed by atoms with van der Waals surface area (Å²) in [4.78, 5) is 16.5. The summed E-state index contributed by atoms with van der Waals surface area (Å²) in [5.41, 5.74) is 3.73. The zero-order valence-corrected chi connectivity index (χ0v) is 17.4. The van der Waals surface area contributed by atoms with E-state index >= 15 is 0 Å². The van der Waals surface area contributed by atoms with Crippen molar-refractivity contribution in [2.45, 2.75) is 33.7 Å². The van der Waals surface area contributed by atoms with E-state index in [1.807, 2.05) is 24.8 Å². The average Bonchev–Trinajstić information content (AvgIpc) is 2.99. The van der Waals surface area contributed by atoms with Crippen LogP contribution in [0.2, 0.25) is 0 Å². The van der Waals surface area contributed by atoms with E-state index in [4.69, 9.17) is 0 Å². The molecular weight excluding hydrogens is 367 g/mol. The van der Waals surface area contributed by atoms with Gasteiger partial charge in [-0.2, -0.15) is 5.26 Å². The normalized spacial score (nSPS) is 15.0. The number of nitrogens with zero attached hydrogens (tertiary/aromatic N) is 4. The van der Waals surface area contributed by atoms with Crippen LogP contribution in [0.4, 0.5) is 10.1 Å². The van der Waals surface area contributed by atoms with Crippen LogP contribution in [0.3, 0.4) is 0 Å². The summed E-state index contributed by atoms with van der Waals surface area (Å²) >= 11 is 0. The van der Waals surface area contributed by atoms with Crippen molar-refractivity contribution in [3.8, 4) is 6.07 Å². The van der Waals surface area contributed by atoms with Gasteiger partial charge in [-0.15, -0.1) is 0 Å². The van der Waals surface area contributed by atoms with Crippen molar-refractivity contribution in [2.24, 2.45) is 0 Å². The van der Waals surface area contributed by atoms with Gasteiger partial charge >= 0.3 is 0 Å². The molecule has 0 bridgehead atoms. The van der Waals surface area contributed by atoms with E-state index in [1.165, 1.54) is 6.07 Å². The van der Waals surface area contributed by atoms with Crippen LogP contribution in [0.25, 0.3) is 6.08 Å². The van der Waals surface area contributed by atoms with Crippen LogP contribution in [0.15, 0.2) is 35.9 Å². The maximum absolute atomic E-state index is 14.0. The molecule has 1 aliphatic rings. The number of benzene rings is 1. The Morgan fingerprint density at radius 3 is 2.38 bits per heavy atom. The Balaban J connectivity index is 1.75. The number of hydrogen-bond acceptors (Lipinski definition) is 3. The molecule has 0 N–H and O–H groups in total. The van der Waals surface area contributed by atoms with Crippen molar-refractivity contribution in [3.05, 3.63) is 58.7 Å². The molecule has 1 aromatic carbocycles. The Hall–Kier alpha value is -3.07. The molecule has 1 amide bonds. The van der Waals surface area contributed by atoms with Gasteiger partial charge in [0.05, 0.1) is 5.69 Å². The Labute approximate surface area is 171 Å². The van der Waals surface area contributed by atoms with E-state index in [-0.39, 0.29) is 17.3 Å². The first-order valence-corrected chi connectivity index (χ1v) is 9.92. The van der Waals surface area contributed by atoms with E-state index in [2.05, 4.69) is 24.5 Å². The second-order valence-electron chi connectivity index (χ2n) is 7.69. The number of para-hydroxylation sites is 1. The summed E-state index contributed by atoms with van der Waals surface area (Å²) in [6, 6.07) is 11.1. The highest BCUT2D eigenvalue weighted by atomic mass is 19.1. The molecule has 1 fully saturated rings. The number of nitriles is 1. The monoisotopic (exact) mass is 394 g/mol. The van der Waals surface area contributed by atoms with Gasteiger partial charge in [-0.3, -0.25) is 4.79 Å². The number of halogens is 1. The zero-order chi connectivity index (χ0) is 21.1. The van der Waals surface area contributed by atoms with Crippen LogP contribution in [0, 0.1) is 31.0 Å². The van der Waals surface area contributed by atoms with Crippen LogP contribution in [-0.4, -0.2) is 41.6 Å². The van der Waals surface area contributed by atoms with Crippen LogP contribution in [0.1, 0.15) is 36.8 Å². The lowest BCUT2D eigenvalue weighted by atomic mass is 10.1. The highest BCUT2D eigenvalue weighted by Crippen LogP contribution is 2.24. The maximum atomic E-state index is 14.0. The number of amides is 1. The van der Waals surface area contributed by atoms with Crippen LogP contribution in [-0.2, 0) is 4.79 Å². The molecule has 0 aliphatic carbocycles. The number of rotatable bonds is 4. The lowest BCUT2D eigenvalue weighted by molar-refractivity contribution is -0.126. The molecule has 5 nitrogen and oxygen atoms in total. The van der Waals surface area contributed by atoms with Gasteiger partial charge in [-0.05, 0) is 57.5 Å². The number of carbonyl (C=O) groups is 1. The molecular formula is C23H27FN4O. The number of aromatic nitrogens is 1. The van der Waals surface area contributed by atoms with Crippen LogP contribution in [0.5, 0.6) is 0 Å². The van der Waals surface area contributed by atoms with Gasteiger partial charge < -0.3 is 14.4 Å². The van der Waals surface area contributed by atoms with Crippen LogP contribution < -0.4 is 4.90 Å². The summed E-state index contributed by atoms with van der Waals surface area (Å²) in [6.07, 6.45) is 1.69. The van der Waals surface area contributed by atoms with Gasteiger partial charge in [0.15, 0.2) is 0 Å². The summed E-state index contributed by atoms with van der Waals surface area (Å²) in [6.45, 7) is 10.2. The average molecular weight is 394 g/mol. The van der Waals surface area contributed by atoms with E-state index < -0.39 is 0 Å². The molecule has 152 valence electrons. The smallest absolute Gasteiger partial charge is 0.264 e. The minimum absolute atomic E-state index is 0.133. The first-order valence-electron chi connectivity index (χ1n) is 9.92. The number of carbonyl (C=O) groups excluding carboxylic acids is 1. The molecule has 0 radical (unpaired) electrons. The molecule has 29 heavy (non-hydrogen) atoms. The summed E-state index contributed by atoms with van der Waals surface area (Å²) in [7, 11) is 0. The third kappa shape index (κ3) is 4.19. The van der Waals surface area contributed by atoms with Gasteiger partial charge in [0.2, 0.25) is 0 Å². The fourth-order valence-electron chi connectivity index (χ4n) is 4.07. The predicted molar refractivity (Wildman–Crippen MR) is 113 cm³/mol. The standard InChI is InChI=1S/C23H27FN4O/c1-16(2)28-17(3)13-19(18(28)4)14-20(15-25)23(29)27-11-9-26(10-12-27)22-8-6-5-7-21(22)24/h5-8,13-14,16H,9-12H2,1-4H3/b20-14+. The lowest BCUT2D eigenvalue weighted by Gasteiger charge is -2.36. The molecule has 0 atom stereocenters. The third-order valence-corrected chi connectivity index (χ3v) is 5.45. The van der Waals surface area contributed by atoms with Crippen molar-refractivity contribution >= 4 is 17.7 Å². The topological polar surface area (TPSA) is 52.3 Å². The molecule has 3 rings (SSSR count). The minimum Gasteiger partial charge on any atom is -0.366 e. The number of hydrogen-bond donors (Lipinski definition) is 0. The highest BCUT2D eigenvalue weighted by molar-refractivity contribution is 6.02. The third-order valence-electron chi connectivity index (χ3n) is 5.45. The van der Waals surface area contributed by atoms with Gasteiger partial charge in [0.25, 0.3) is 5.91 Å². The van der Waals surface area contributed by atoms with E-state index in [9.17, 15) is 14.4 Å². The number of piperazine rings is 1. The van der Waals surface area contributed by atoms with E-state index in [0.717, 1.165) is 17.0 Å². The van der Waals surface area contributed by atoms with Gasteiger partial charge in [0.1, 0.15) is 17.5 Å². The summed E-state index contributed by atoms with van der Waals surface area (Å²) in [5, 5.41) is 9.60. The first kappa shape index (κ1) is 20.7. The summed E-state index contributed by atoms with van der Waals surface area (Å²) in [5.74, 6) is -0.527. The maximum Gasteiger partial charge on any atom is 0.264 e. The van der Waals surface area contributed by atoms with Gasteiger partial charge in [-0.1, -0.05) is 12.1 Å². The largest absolute Gasteiger partial charge is 0.366 e. The quantitative estimate of drug-likeness (QED) is 0.580. The summed E-state index contributed by atoms with van der Waals surface area (Å²) < 4.78 is 16.2. The molecule has 1 aliphatic heterocycles. The molecule has 1 saturated heterocycles. The lowest BCUT2D eigenvalue weighted by Crippen LogP contribution is -2.49. The molecule has 0 saturated carbocycles. The molecule has 2 heterocycles. The Morgan fingerprint density at radius 2 is 1.83 bits per heavy atom. The number of aryl methyl sites for hydroxylation is 1. The molecule has 0 spiro atoms. The second-order valence-corrected chi connectivity index (χ2v) is 7.69. The van der Waals surface area contributed by atoms with Crippen molar-refractivity contribution in [2.75, 3.05) is 31.1 Å². The van der Waals surface area contributed by atoms with Crippen molar-refractivity contribution in [1.29, 1.82) is 5.26 Å². The SMILES string of the molecule is Cc1cc(/C=C(\C#N)C(=O)N2CCN(c3ccccc3F)CC2)c(C)n1C(C)C. The van der Waals surface area contributed by atoms with Crippen molar-refractivity contribution in [3.63, 3.8) is 0 Å². The van der Waals surface area contributed by atoms with Crippen molar-refractivity contribution < 1.29 is 9.18 Å². The van der Waals surface area contributed by atoms with E-state index in [0.29, 0.717) is 37.9 Å². The predicted octanol–water partition coefficient (Wildman–Crippen LogP) is 4.08. The van der Waals surface area contributed by atoms with Gasteiger partial charge in [0, 0.05) is 43.6 Å². The Kier molecular flexibility index (Phi) is 6.07. The molecule has 2 aromatic rings. The minimum atomic E-state index is -0.268. The fraction of sp³-hybridized carbons (Fsp3) is 0.391. The Morgan fingerprint density at radius 1 is 1.17 bits per heavy atom. The molecule has 6 heteroatoms. The van der Waals surface area contributed by atoms with Crippen LogP contribution >= 0.6 is 0 Å². The van der Waals surface area contributed by atoms with Crippen molar-refractivity contribution in [1.82, 2.24) is 9.47 Å². The zero-order valence-electron chi connectivity index (χ0n) is 17.4. The molecule has 0 unspecified atom stereocenters. The van der Waals surface area contributed by atoms with E-state index in [1.54, 1.807) is 29.2 Å².